The van der Waals surface area contributed by atoms with Crippen molar-refractivity contribution in [3.63, 3.8) is 0 Å². The molecule has 1 aromatic carbocycles. The Morgan fingerprint density at radius 2 is 2.21 bits per heavy atom. The first-order chi connectivity index (χ1) is 6.68. The number of benzene rings is 1. The normalized spacial score (nSPS) is 19.0. The van der Waals surface area contributed by atoms with Crippen molar-refractivity contribution in [3.8, 4) is 5.75 Å². The Kier molecular flexibility index (Phi) is 2.21. The van der Waals surface area contributed by atoms with Gasteiger partial charge in [0.15, 0.2) is 0 Å². The maximum absolute atomic E-state index is 10.7. The lowest BCUT2D eigenvalue weighted by molar-refractivity contribution is -0.135. The Bertz CT molecular complexity index is 412. The molecule has 0 aliphatic carbocycles. The number of carbonyl (C=O) groups is 1. The molecule has 1 atom stereocenters. The van der Waals surface area contributed by atoms with Gasteiger partial charge < -0.3 is 10.2 Å². The molecule has 0 amide bonds. The van der Waals surface area contributed by atoms with Crippen LogP contribution in [0.25, 0.3) is 6.08 Å². The molecule has 3 nitrogen and oxygen atoms in total. The highest BCUT2D eigenvalue weighted by Gasteiger charge is 2.21. The van der Waals surface area contributed by atoms with E-state index < -0.39 is 11.2 Å². The number of phenols is 1. The van der Waals surface area contributed by atoms with Crippen LogP contribution in [0.3, 0.4) is 0 Å². The first-order valence-electron chi connectivity index (χ1n) is 4.08. The third-order valence-electron chi connectivity index (χ3n) is 1.98. The van der Waals surface area contributed by atoms with Gasteiger partial charge in [0.2, 0.25) is 0 Å². The van der Waals surface area contributed by atoms with Gasteiger partial charge in [-0.3, -0.25) is 4.79 Å². The van der Waals surface area contributed by atoms with E-state index in [1.807, 2.05) is 0 Å². The number of phenolic OH excluding ortho intramolecular Hbond substituents is 1. The number of hydrogen-bond acceptors (Lipinski definition) is 3. The number of aliphatic carboxylic acids is 1. The largest absolute Gasteiger partial charge is 0.507 e. The third-order valence-corrected chi connectivity index (χ3v) is 3.20. The summed E-state index contributed by atoms with van der Waals surface area (Å²) in [5.74, 6) is -0.671. The van der Waals surface area contributed by atoms with Gasteiger partial charge in [-0.1, -0.05) is 18.2 Å². The molecular formula is C10H8O3S. The number of carboxylic acid groups (broad SMARTS) is 1. The molecule has 1 aliphatic heterocycles. The van der Waals surface area contributed by atoms with E-state index in [0.29, 0.717) is 5.56 Å². The first kappa shape index (κ1) is 9.15. The molecule has 0 bridgehead atoms. The van der Waals surface area contributed by atoms with Gasteiger partial charge >= 0.3 is 5.97 Å². The van der Waals surface area contributed by atoms with Gasteiger partial charge in [-0.05, 0) is 12.1 Å². The summed E-state index contributed by atoms with van der Waals surface area (Å²) < 4.78 is 0. The highest BCUT2D eigenvalue weighted by Crippen LogP contribution is 2.37. The summed E-state index contributed by atoms with van der Waals surface area (Å²) in [6.07, 6.45) is 3.23. The summed E-state index contributed by atoms with van der Waals surface area (Å²) in [6, 6.07) is 5.10. The topological polar surface area (TPSA) is 57.5 Å². The molecule has 4 heteroatoms. The molecule has 14 heavy (non-hydrogen) atoms. The van der Waals surface area contributed by atoms with E-state index in [0.717, 1.165) is 4.90 Å². The number of thioether (sulfide) groups is 1. The van der Waals surface area contributed by atoms with Gasteiger partial charge in [0, 0.05) is 10.5 Å². The Hall–Kier alpha value is -1.42. The van der Waals surface area contributed by atoms with E-state index in [-0.39, 0.29) is 5.75 Å². The molecule has 1 aromatic rings. The molecule has 72 valence electrons. The molecule has 0 saturated heterocycles. The first-order valence-corrected chi connectivity index (χ1v) is 4.96. The molecular weight excluding hydrogens is 200 g/mol. The van der Waals surface area contributed by atoms with Gasteiger partial charge in [0.05, 0.1) is 0 Å². The third kappa shape index (κ3) is 1.48. The summed E-state index contributed by atoms with van der Waals surface area (Å²) in [5.41, 5.74) is 0.704. The minimum atomic E-state index is -0.861. The van der Waals surface area contributed by atoms with Gasteiger partial charge in [-0.15, -0.1) is 11.8 Å². The predicted molar refractivity (Wildman–Crippen MR) is 54.4 cm³/mol. The molecule has 0 fully saturated rings. The van der Waals surface area contributed by atoms with E-state index in [9.17, 15) is 9.90 Å². The van der Waals surface area contributed by atoms with Crippen LogP contribution in [-0.4, -0.2) is 21.4 Å². The standard InChI is InChI=1S/C10H8O3S/c11-7-2-1-3-8-6(7)4-5-9(14-8)10(12)13/h1-5,9,11H,(H,12,13). The smallest absolute Gasteiger partial charge is 0.320 e. The van der Waals surface area contributed by atoms with E-state index in [1.54, 1.807) is 30.4 Å². The Morgan fingerprint density at radius 3 is 2.93 bits per heavy atom. The minimum Gasteiger partial charge on any atom is -0.507 e. The highest BCUT2D eigenvalue weighted by molar-refractivity contribution is 8.01. The molecule has 0 aromatic heterocycles. The van der Waals surface area contributed by atoms with Crippen molar-refractivity contribution in [1.29, 1.82) is 0 Å². The van der Waals surface area contributed by atoms with E-state index in [4.69, 9.17) is 5.11 Å². The Morgan fingerprint density at radius 1 is 1.43 bits per heavy atom. The molecule has 0 saturated carbocycles. The second kappa shape index (κ2) is 3.38. The van der Waals surface area contributed by atoms with Gasteiger partial charge in [0.25, 0.3) is 0 Å². The molecule has 0 radical (unpaired) electrons. The van der Waals surface area contributed by atoms with Crippen molar-refractivity contribution in [2.24, 2.45) is 0 Å². The maximum Gasteiger partial charge on any atom is 0.320 e. The van der Waals surface area contributed by atoms with Crippen LogP contribution in [0.1, 0.15) is 5.56 Å². The van der Waals surface area contributed by atoms with Crippen LogP contribution < -0.4 is 0 Å². The molecule has 0 spiro atoms. The summed E-state index contributed by atoms with van der Waals surface area (Å²) in [6.45, 7) is 0. The van der Waals surface area contributed by atoms with Crippen molar-refractivity contribution < 1.29 is 15.0 Å². The zero-order valence-corrected chi connectivity index (χ0v) is 7.99. The number of hydrogen-bond donors (Lipinski definition) is 2. The summed E-state index contributed by atoms with van der Waals surface area (Å²) in [4.78, 5) is 11.5. The minimum absolute atomic E-state index is 0.190. The lowest BCUT2D eigenvalue weighted by Crippen LogP contribution is -2.15. The highest BCUT2D eigenvalue weighted by atomic mass is 32.2. The van der Waals surface area contributed by atoms with Crippen molar-refractivity contribution in [1.82, 2.24) is 0 Å². The average molecular weight is 208 g/mol. The van der Waals surface area contributed by atoms with Crippen molar-refractivity contribution >= 4 is 23.8 Å². The zero-order valence-electron chi connectivity index (χ0n) is 7.18. The van der Waals surface area contributed by atoms with E-state index in [1.165, 1.54) is 11.8 Å². The number of aromatic hydroxyl groups is 1. The van der Waals surface area contributed by atoms with Crippen LogP contribution in [0, 0.1) is 0 Å². The average Bonchev–Trinajstić information content (AvgIpc) is 2.17. The summed E-state index contributed by atoms with van der Waals surface area (Å²) in [5, 5.41) is 17.7. The number of carboxylic acids is 1. The van der Waals surface area contributed by atoms with Crippen LogP contribution in [0.15, 0.2) is 29.2 Å². The second-order valence-corrected chi connectivity index (χ2v) is 4.11. The van der Waals surface area contributed by atoms with Crippen LogP contribution in [-0.2, 0) is 4.79 Å². The molecule has 1 aliphatic rings. The van der Waals surface area contributed by atoms with Gasteiger partial charge in [-0.25, -0.2) is 0 Å². The lowest BCUT2D eigenvalue weighted by Gasteiger charge is -2.15. The van der Waals surface area contributed by atoms with Crippen molar-refractivity contribution in [3.05, 3.63) is 29.8 Å². The van der Waals surface area contributed by atoms with Crippen LogP contribution >= 0.6 is 11.8 Å². The van der Waals surface area contributed by atoms with E-state index >= 15 is 0 Å². The Labute approximate surface area is 85.1 Å². The van der Waals surface area contributed by atoms with Crippen LogP contribution in [0.5, 0.6) is 5.75 Å². The van der Waals surface area contributed by atoms with Crippen LogP contribution in [0.4, 0.5) is 0 Å². The van der Waals surface area contributed by atoms with E-state index in [2.05, 4.69) is 0 Å². The van der Waals surface area contributed by atoms with Gasteiger partial charge in [0.1, 0.15) is 11.0 Å². The maximum atomic E-state index is 10.7. The molecule has 1 heterocycles. The fourth-order valence-corrected chi connectivity index (χ4v) is 2.28. The molecule has 2 rings (SSSR count). The zero-order chi connectivity index (χ0) is 10.1. The predicted octanol–water partition coefficient (Wildman–Crippen LogP) is 1.96. The van der Waals surface area contributed by atoms with Crippen molar-refractivity contribution in [2.45, 2.75) is 10.1 Å². The Balaban J connectivity index is 2.41. The number of rotatable bonds is 1. The van der Waals surface area contributed by atoms with Crippen molar-refractivity contribution in [2.75, 3.05) is 0 Å². The monoisotopic (exact) mass is 208 g/mol. The molecule has 2 N–H and O–H groups in total. The summed E-state index contributed by atoms with van der Waals surface area (Å²) in [7, 11) is 0. The lowest BCUT2D eigenvalue weighted by atomic mass is 10.1. The summed E-state index contributed by atoms with van der Waals surface area (Å²) >= 11 is 1.23. The van der Waals surface area contributed by atoms with Gasteiger partial charge in [-0.2, -0.15) is 0 Å². The fourth-order valence-electron chi connectivity index (χ4n) is 1.30. The second-order valence-electron chi connectivity index (χ2n) is 2.92. The quantitative estimate of drug-likeness (QED) is 0.740. The SMILES string of the molecule is O=C(O)C1C=Cc2c(O)cccc2S1. The fraction of sp³-hybridized carbons (Fsp3) is 0.100. The van der Waals surface area contributed by atoms with Crippen LogP contribution in [0.2, 0.25) is 0 Å². The number of fused-ring (bicyclic) bond motifs is 1. The molecule has 1 unspecified atom stereocenters.